The molecule has 0 atom stereocenters. The fraction of sp³-hybridized carbons (Fsp3) is 0.185. The third kappa shape index (κ3) is 3.77. The molecule has 1 aliphatic heterocycles. The van der Waals surface area contributed by atoms with Gasteiger partial charge in [-0.15, -0.1) is 0 Å². The Kier molecular flexibility index (Phi) is 5.13. The normalized spacial score (nSPS) is 13.5. The molecule has 4 heteroatoms. The average Bonchev–Trinajstić information content (AvgIpc) is 3.23. The number of anilines is 2. The number of nitrogens with zero attached hydrogens (tertiary/aromatic N) is 4. The summed E-state index contributed by atoms with van der Waals surface area (Å²) in [4.78, 5) is 14.7. The van der Waals surface area contributed by atoms with Crippen molar-refractivity contribution in [3.63, 3.8) is 0 Å². The number of para-hydroxylation sites is 2. The molecule has 5 rings (SSSR count). The van der Waals surface area contributed by atoms with Crippen LogP contribution in [0.3, 0.4) is 0 Å². The number of pyridine rings is 1. The second kappa shape index (κ2) is 8.23. The van der Waals surface area contributed by atoms with Crippen LogP contribution in [0.25, 0.3) is 10.9 Å². The van der Waals surface area contributed by atoms with Gasteiger partial charge in [-0.05, 0) is 30.2 Å². The second-order valence-corrected chi connectivity index (χ2v) is 8.10. The Labute approximate surface area is 183 Å². The minimum Gasteiger partial charge on any atom is -0.366 e. The molecular formula is C27H26N4. The van der Waals surface area contributed by atoms with Crippen molar-refractivity contribution in [2.24, 2.45) is 4.99 Å². The minimum absolute atomic E-state index is 0.793. The zero-order valence-corrected chi connectivity index (χ0v) is 18.0. The molecule has 0 aliphatic carbocycles. The third-order valence-electron chi connectivity index (χ3n) is 5.81. The van der Waals surface area contributed by atoms with Crippen LogP contribution in [0.5, 0.6) is 0 Å². The van der Waals surface area contributed by atoms with Gasteiger partial charge in [0.25, 0.3) is 0 Å². The number of rotatable bonds is 4. The van der Waals surface area contributed by atoms with E-state index >= 15 is 0 Å². The molecule has 0 N–H and O–H groups in total. The van der Waals surface area contributed by atoms with Crippen LogP contribution in [0.15, 0.2) is 89.9 Å². The van der Waals surface area contributed by atoms with Crippen LogP contribution in [0.1, 0.15) is 11.1 Å². The lowest BCUT2D eigenvalue weighted by molar-refractivity contribution is 0.610. The summed E-state index contributed by atoms with van der Waals surface area (Å²) in [5.41, 5.74) is 5.71. The summed E-state index contributed by atoms with van der Waals surface area (Å²) >= 11 is 0. The number of hydrogen-bond acceptors (Lipinski definition) is 3. The topological polar surface area (TPSA) is 31.7 Å². The van der Waals surface area contributed by atoms with E-state index in [9.17, 15) is 0 Å². The first-order valence-electron chi connectivity index (χ1n) is 10.7. The molecule has 0 spiro atoms. The van der Waals surface area contributed by atoms with Crippen molar-refractivity contribution in [3.8, 4) is 0 Å². The van der Waals surface area contributed by atoms with Gasteiger partial charge in [-0.2, -0.15) is 0 Å². The van der Waals surface area contributed by atoms with E-state index in [0.717, 1.165) is 47.6 Å². The Morgan fingerprint density at radius 2 is 1.58 bits per heavy atom. The van der Waals surface area contributed by atoms with E-state index in [1.54, 1.807) is 0 Å². The van der Waals surface area contributed by atoms with Crippen LogP contribution in [-0.2, 0) is 12.8 Å². The fourth-order valence-electron chi connectivity index (χ4n) is 4.20. The summed E-state index contributed by atoms with van der Waals surface area (Å²) < 4.78 is 0. The first-order chi connectivity index (χ1) is 15.2. The smallest absolute Gasteiger partial charge is 0.139 e. The number of hydrogen-bond donors (Lipinski definition) is 0. The Morgan fingerprint density at radius 3 is 2.32 bits per heavy atom. The van der Waals surface area contributed by atoms with Crippen LogP contribution in [0.4, 0.5) is 17.2 Å². The van der Waals surface area contributed by atoms with Crippen molar-refractivity contribution < 1.29 is 0 Å². The summed E-state index contributed by atoms with van der Waals surface area (Å²) in [6.07, 6.45) is 1.73. The predicted molar refractivity (Wildman–Crippen MR) is 130 cm³/mol. The number of benzene rings is 3. The first-order valence-corrected chi connectivity index (χ1v) is 10.7. The van der Waals surface area contributed by atoms with Crippen LogP contribution < -0.4 is 4.90 Å². The lowest BCUT2D eigenvalue weighted by atomic mass is 10.1. The highest BCUT2D eigenvalue weighted by Gasteiger charge is 2.27. The molecule has 0 radical (unpaired) electrons. The maximum Gasteiger partial charge on any atom is 0.139 e. The molecule has 0 saturated heterocycles. The molecule has 154 valence electrons. The highest BCUT2D eigenvalue weighted by atomic mass is 15.2. The van der Waals surface area contributed by atoms with Crippen molar-refractivity contribution in [1.29, 1.82) is 0 Å². The molecule has 4 nitrogen and oxygen atoms in total. The van der Waals surface area contributed by atoms with Crippen LogP contribution in [-0.4, -0.2) is 36.4 Å². The van der Waals surface area contributed by atoms with Gasteiger partial charge in [0.05, 0.1) is 11.2 Å². The zero-order chi connectivity index (χ0) is 21.2. The number of likely N-dealkylation sites (N-methyl/N-ethyl adjacent to an activating group) is 1. The van der Waals surface area contributed by atoms with Gasteiger partial charge in [-0.3, -0.25) is 0 Å². The lowest BCUT2D eigenvalue weighted by Crippen LogP contribution is -2.24. The van der Waals surface area contributed by atoms with Gasteiger partial charge in [0.15, 0.2) is 0 Å². The van der Waals surface area contributed by atoms with Crippen molar-refractivity contribution in [3.05, 3.63) is 96.1 Å². The molecule has 4 aromatic rings. The molecular weight excluding hydrogens is 380 g/mol. The maximum absolute atomic E-state index is 5.26. The molecule has 0 bridgehead atoms. The Bertz CT molecular complexity index is 1230. The molecule has 0 saturated carbocycles. The molecule has 3 aromatic carbocycles. The lowest BCUT2D eigenvalue weighted by Gasteiger charge is -2.20. The summed E-state index contributed by atoms with van der Waals surface area (Å²) in [7, 11) is 4.14. The van der Waals surface area contributed by atoms with E-state index in [2.05, 4.69) is 103 Å². The molecule has 0 unspecified atom stereocenters. The summed E-state index contributed by atoms with van der Waals surface area (Å²) in [5, 5.41) is 1.11. The largest absolute Gasteiger partial charge is 0.366 e. The van der Waals surface area contributed by atoms with Gasteiger partial charge < -0.3 is 9.80 Å². The summed E-state index contributed by atoms with van der Waals surface area (Å²) in [5.74, 6) is 2.07. The van der Waals surface area contributed by atoms with Crippen LogP contribution >= 0.6 is 0 Å². The van der Waals surface area contributed by atoms with Gasteiger partial charge in [-0.1, -0.05) is 66.7 Å². The zero-order valence-electron chi connectivity index (χ0n) is 18.0. The van der Waals surface area contributed by atoms with Gasteiger partial charge in [0.1, 0.15) is 11.7 Å². The van der Waals surface area contributed by atoms with Crippen molar-refractivity contribution >= 4 is 33.9 Å². The standard InChI is InChI=1S/C27H26N4/c1-30(2)25(19-20-11-5-3-6-12-20)29-26-22-15-9-10-16-24(22)28-27-23(26)17-18-31(27)21-13-7-4-8-14-21/h3-16H,17-19H2,1-2H3. The van der Waals surface area contributed by atoms with Crippen LogP contribution in [0, 0.1) is 0 Å². The predicted octanol–water partition coefficient (Wildman–Crippen LogP) is 5.76. The minimum atomic E-state index is 0.793. The maximum atomic E-state index is 5.26. The monoisotopic (exact) mass is 406 g/mol. The molecule has 1 aromatic heterocycles. The van der Waals surface area contributed by atoms with E-state index in [4.69, 9.17) is 9.98 Å². The molecule has 31 heavy (non-hydrogen) atoms. The second-order valence-electron chi connectivity index (χ2n) is 8.10. The third-order valence-corrected chi connectivity index (χ3v) is 5.81. The average molecular weight is 407 g/mol. The Balaban J connectivity index is 1.67. The highest BCUT2D eigenvalue weighted by Crippen LogP contribution is 2.42. The quantitative estimate of drug-likeness (QED) is 0.319. The van der Waals surface area contributed by atoms with Crippen molar-refractivity contribution in [2.45, 2.75) is 12.8 Å². The van der Waals surface area contributed by atoms with Crippen molar-refractivity contribution in [2.75, 3.05) is 25.5 Å². The molecule has 1 aliphatic rings. The fourth-order valence-corrected chi connectivity index (χ4v) is 4.20. The SMILES string of the molecule is CN(C)C(Cc1ccccc1)=Nc1c2c(nc3ccccc13)N(c1ccccc1)CC2. The van der Waals surface area contributed by atoms with E-state index in [-0.39, 0.29) is 0 Å². The van der Waals surface area contributed by atoms with E-state index < -0.39 is 0 Å². The van der Waals surface area contributed by atoms with Gasteiger partial charge >= 0.3 is 0 Å². The highest BCUT2D eigenvalue weighted by molar-refractivity contribution is 5.99. The summed E-state index contributed by atoms with van der Waals surface area (Å²) in [6, 6.07) is 29.4. The van der Waals surface area contributed by atoms with E-state index in [0.29, 0.717) is 0 Å². The van der Waals surface area contributed by atoms with Gasteiger partial charge in [0.2, 0.25) is 0 Å². The molecule has 0 amide bonds. The number of amidine groups is 1. The molecule has 2 heterocycles. The van der Waals surface area contributed by atoms with E-state index in [1.165, 1.54) is 16.8 Å². The first kappa shape index (κ1) is 19.3. The Morgan fingerprint density at radius 1 is 0.903 bits per heavy atom. The Hall–Kier alpha value is -3.66. The number of aliphatic imine (C=N–C) groups is 1. The van der Waals surface area contributed by atoms with Gasteiger partial charge in [0, 0.05) is 43.7 Å². The summed E-state index contributed by atoms with van der Waals surface area (Å²) in [6.45, 7) is 0.918. The van der Waals surface area contributed by atoms with Gasteiger partial charge in [-0.25, -0.2) is 9.98 Å². The number of aromatic nitrogens is 1. The van der Waals surface area contributed by atoms with E-state index in [1.807, 2.05) is 6.07 Å². The van der Waals surface area contributed by atoms with Crippen molar-refractivity contribution in [1.82, 2.24) is 9.88 Å². The van der Waals surface area contributed by atoms with Crippen LogP contribution in [0.2, 0.25) is 0 Å². The molecule has 0 fully saturated rings. The number of fused-ring (bicyclic) bond motifs is 2.